The molecule has 0 saturated carbocycles. The van der Waals surface area contributed by atoms with Crippen LogP contribution in [0.5, 0.6) is 0 Å². The molecule has 1 heterocycles. The maximum atomic E-state index is 3.54. The fourth-order valence-corrected chi connectivity index (χ4v) is 2.48. The third kappa shape index (κ3) is 3.96. The van der Waals surface area contributed by atoms with Gasteiger partial charge in [0.25, 0.3) is 0 Å². The highest BCUT2D eigenvalue weighted by molar-refractivity contribution is 7.12. The van der Waals surface area contributed by atoms with Crippen molar-refractivity contribution in [2.24, 2.45) is 11.8 Å². The molecule has 1 rings (SSSR count). The van der Waals surface area contributed by atoms with Crippen molar-refractivity contribution in [3.63, 3.8) is 0 Å². The van der Waals surface area contributed by atoms with Crippen LogP contribution in [0.4, 0.5) is 0 Å². The van der Waals surface area contributed by atoms with Crippen molar-refractivity contribution in [2.75, 3.05) is 6.54 Å². The van der Waals surface area contributed by atoms with Crippen molar-refractivity contribution < 1.29 is 0 Å². The van der Waals surface area contributed by atoms with Crippen LogP contribution in [0.3, 0.4) is 0 Å². The molecule has 86 valence electrons. The molecule has 0 spiro atoms. The van der Waals surface area contributed by atoms with Gasteiger partial charge in [-0.15, -0.1) is 11.3 Å². The Kier molecular flexibility index (Phi) is 4.81. The summed E-state index contributed by atoms with van der Waals surface area (Å²) in [6.07, 6.45) is 0. The molecule has 0 bridgehead atoms. The van der Waals surface area contributed by atoms with Crippen LogP contribution in [0.2, 0.25) is 0 Å². The lowest BCUT2D eigenvalue weighted by Gasteiger charge is -2.15. The summed E-state index contributed by atoms with van der Waals surface area (Å²) < 4.78 is 0. The minimum absolute atomic E-state index is 0.755. The van der Waals surface area contributed by atoms with Crippen molar-refractivity contribution in [1.29, 1.82) is 0 Å². The molecule has 0 radical (unpaired) electrons. The number of rotatable bonds is 5. The van der Waals surface area contributed by atoms with E-state index in [-0.39, 0.29) is 0 Å². The van der Waals surface area contributed by atoms with Gasteiger partial charge in [0.2, 0.25) is 0 Å². The molecule has 1 atom stereocenters. The van der Waals surface area contributed by atoms with Crippen LogP contribution in [-0.4, -0.2) is 6.54 Å². The zero-order chi connectivity index (χ0) is 11.4. The first-order chi connectivity index (χ1) is 7.00. The normalized spacial score (nSPS) is 13.5. The SMILES string of the molecule is Cc1cc(CNCC(C)C(C)C)c(C)s1. The monoisotopic (exact) mass is 225 g/mol. The zero-order valence-corrected chi connectivity index (χ0v) is 11.4. The van der Waals surface area contributed by atoms with Gasteiger partial charge in [0.15, 0.2) is 0 Å². The molecule has 0 aliphatic rings. The third-order valence-electron chi connectivity index (χ3n) is 3.06. The van der Waals surface area contributed by atoms with Gasteiger partial charge in [-0.3, -0.25) is 0 Å². The predicted molar refractivity (Wildman–Crippen MR) is 69.5 cm³/mol. The number of thiophene rings is 1. The van der Waals surface area contributed by atoms with Gasteiger partial charge in [0, 0.05) is 16.3 Å². The fourth-order valence-electron chi connectivity index (χ4n) is 1.53. The molecule has 0 aromatic carbocycles. The van der Waals surface area contributed by atoms with E-state index in [4.69, 9.17) is 0 Å². The lowest BCUT2D eigenvalue weighted by atomic mass is 9.98. The molecule has 1 nitrogen and oxygen atoms in total. The third-order valence-corrected chi connectivity index (χ3v) is 4.07. The summed E-state index contributed by atoms with van der Waals surface area (Å²) >= 11 is 1.89. The number of hydrogen-bond donors (Lipinski definition) is 1. The van der Waals surface area contributed by atoms with Gasteiger partial charge in [-0.05, 0) is 43.9 Å². The van der Waals surface area contributed by atoms with Gasteiger partial charge >= 0.3 is 0 Å². The first-order valence-corrected chi connectivity index (χ1v) is 6.59. The van der Waals surface area contributed by atoms with Crippen LogP contribution < -0.4 is 5.32 Å². The Balaban J connectivity index is 2.35. The van der Waals surface area contributed by atoms with Gasteiger partial charge in [0.1, 0.15) is 0 Å². The Morgan fingerprint density at radius 3 is 2.40 bits per heavy atom. The highest BCUT2D eigenvalue weighted by Gasteiger charge is 2.07. The Bertz CT molecular complexity index is 301. The van der Waals surface area contributed by atoms with Gasteiger partial charge < -0.3 is 5.32 Å². The maximum absolute atomic E-state index is 3.54. The summed E-state index contributed by atoms with van der Waals surface area (Å²) in [6, 6.07) is 2.30. The zero-order valence-electron chi connectivity index (χ0n) is 10.6. The van der Waals surface area contributed by atoms with E-state index in [0.717, 1.165) is 24.9 Å². The minimum atomic E-state index is 0.755. The summed E-state index contributed by atoms with van der Waals surface area (Å²) in [5.74, 6) is 1.52. The molecule has 1 unspecified atom stereocenters. The summed E-state index contributed by atoms with van der Waals surface area (Å²) in [4.78, 5) is 2.87. The average Bonchev–Trinajstić information content (AvgIpc) is 2.45. The molecule has 15 heavy (non-hydrogen) atoms. The lowest BCUT2D eigenvalue weighted by Crippen LogP contribution is -2.23. The van der Waals surface area contributed by atoms with Gasteiger partial charge in [-0.2, -0.15) is 0 Å². The molecule has 1 aromatic rings. The Hall–Kier alpha value is -0.340. The minimum Gasteiger partial charge on any atom is -0.312 e. The molecule has 2 heteroatoms. The smallest absolute Gasteiger partial charge is 0.0216 e. The maximum Gasteiger partial charge on any atom is 0.0216 e. The molecule has 1 N–H and O–H groups in total. The molecule has 0 amide bonds. The van der Waals surface area contributed by atoms with Gasteiger partial charge in [-0.1, -0.05) is 20.8 Å². The van der Waals surface area contributed by atoms with Gasteiger partial charge in [-0.25, -0.2) is 0 Å². The van der Waals surface area contributed by atoms with Crippen molar-refractivity contribution in [3.05, 3.63) is 21.4 Å². The van der Waals surface area contributed by atoms with E-state index < -0.39 is 0 Å². The lowest BCUT2D eigenvalue weighted by molar-refractivity contribution is 0.392. The van der Waals surface area contributed by atoms with Crippen LogP contribution >= 0.6 is 11.3 Å². The van der Waals surface area contributed by atoms with Crippen molar-refractivity contribution in [3.8, 4) is 0 Å². The molecular formula is C13H23NS. The van der Waals surface area contributed by atoms with E-state index in [9.17, 15) is 0 Å². The summed E-state index contributed by atoms with van der Waals surface area (Å²) in [5, 5.41) is 3.54. The topological polar surface area (TPSA) is 12.0 Å². The Labute approximate surface area is 97.9 Å². The van der Waals surface area contributed by atoms with Crippen LogP contribution in [0.25, 0.3) is 0 Å². The fraction of sp³-hybridized carbons (Fsp3) is 0.692. The van der Waals surface area contributed by atoms with Crippen LogP contribution in [0.1, 0.15) is 36.1 Å². The highest BCUT2D eigenvalue weighted by atomic mass is 32.1. The number of hydrogen-bond acceptors (Lipinski definition) is 2. The largest absolute Gasteiger partial charge is 0.312 e. The van der Waals surface area contributed by atoms with Crippen LogP contribution in [-0.2, 0) is 6.54 Å². The molecule has 0 fully saturated rings. The average molecular weight is 225 g/mol. The number of aryl methyl sites for hydroxylation is 2. The van der Waals surface area contributed by atoms with Crippen LogP contribution in [0, 0.1) is 25.7 Å². The Morgan fingerprint density at radius 2 is 1.93 bits per heavy atom. The standard InChI is InChI=1S/C13H23NS/c1-9(2)10(3)7-14-8-13-6-11(4)15-12(13)5/h6,9-10,14H,7-8H2,1-5H3. The van der Waals surface area contributed by atoms with E-state index in [0.29, 0.717) is 0 Å². The Morgan fingerprint density at radius 1 is 1.27 bits per heavy atom. The number of nitrogens with one attached hydrogen (secondary N) is 1. The van der Waals surface area contributed by atoms with Crippen molar-refractivity contribution in [2.45, 2.75) is 41.2 Å². The van der Waals surface area contributed by atoms with Gasteiger partial charge in [0.05, 0.1) is 0 Å². The second kappa shape index (κ2) is 5.66. The van der Waals surface area contributed by atoms with E-state index in [2.05, 4.69) is 46.0 Å². The predicted octanol–water partition coefficient (Wildman–Crippen LogP) is 3.75. The van der Waals surface area contributed by atoms with Crippen LogP contribution in [0.15, 0.2) is 6.07 Å². The second-order valence-corrected chi connectivity index (χ2v) is 6.25. The summed E-state index contributed by atoms with van der Waals surface area (Å²) in [7, 11) is 0. The molecule has 1 aromatic heterocycles. The van der Waals surface area contributed by atoms with E-state index in [1.165, 1.54) is 15.3 Å². The molecular weight excluding hydrogens is 202 g/mol. The quantitative estimate of drug-likeness (QED) is 0.805. The molecule has 0 saturated heterocycles. The second-order valence-electron chi connectivity index (χ2n) is 4.79. The highest BCUT2D eigenvalue weighted by Crippen LogP contribution is 2.20. The summed E-state index contributed by atoms with van der Waals surface area (Å²) in [5.41, 5.74) is 1.47. The first-order valence-electron chi connectivity index (χ1n) is 5.77. The van der Waals surface area contributed by atoms with E-state index in [1.54, 1.807) is 0 Å². The molecule has 0 aliphatic carbocycles. The van der Waals surface area contributed by atoms with Crippen molar-refractivity contribution in [1.82, 2.24) is 5.32 Å². The van der Waals surface area contributed by atoms with E-state index in [1.807, 2.05) is 11.3 Å². The van der Waals surface area contributed by atoms with E-state index >= 15 is 0 Å². The first kappa shape index (κ1) is 12.7. The summed E-state index contributed by atoms with van der Waals surface area (Å²) in [6.45, 7) is 13.4. The molecule has 0 aliphatic heterocycles. The van der Waals surface area contributed by atoms with Crippen molar-refractivity contribution >= 4 is 11.3 Å².